The van der Waals surface area contributed by atoms with Crippen molar-refractivity contribution in [2.45, 2.75) is 25.0 Å². The maximum Gasteiger partial charge on any atom is 0.320 e. The smallest absolute Gasteiger partial charge is 0.320 e. The van der Waals surface area contributed by atoms with Gasteiger partial charge in [-0.1, -0.05) is 0 Å². The van der Waals surface area contributed by atoms with Crippen LogP contribution in [0.3, 0.4) is 0 Å². The summed E-state index contributed by atoms with van der Waals surface area (Å²) in [5.74, 6) is -2.28. The van der Waals surface area contributed by atoms with Crippen molar-refractivity contribution >= 4 is 5.97 Å². The minimum absolute atomic E-state index is 0.0165. The third-order valence-corrected chi connectivity index (χ3v) is 3.37. The van der Waals surface area contributed by atoms with Gasteiger partial charge in [-0.3, -0.25) is 9.69 Å². The number of aliphatic carboxylic acids is 1. The zero-order valence-electron chi connectivity index (χ0n) is 10.2. The molecule has 104 valence electrons. The number of carboxylic acids is 1. The molecule has 19 heavy (non-hydrogen) atoms. The number of β-amino-alcohol motifs (C(OH)–C–C–N with tert-alkyl or cyclic N) is 1. The first-order chi connectivity index (χ1) is 8.99. The molecule has 4 nitrogen and oxygen atoms in total. The van der Waals surface area contributed by atoms with Gasteiger partial charge in [0.25, 0.3) is 0 Å². The molecular formula is C13H15F2NO3. The molecule has 0 radical (unpaired) electrons. The minimum atomic E-state index is -1.24. The fourth-order valence-corrected chi connectivity index (χ4v) is 2.41. The van der Waals surface area contributed by atoms with Gasteiger partial charge in [0.2, 0.25) is 0 Å². The van der Waals surface area contributed by atoms with Gasteiger partial charge in [0.15, 0.2) is 0 Å². The van der Waals surface area contributed by atoms with E-state index in [1.165, 1.54) is 0 Å². The average molecular weight is 271 g/mol. The second kappa shape index (κ2) is 5.63. The Labute approximate surface area is 109 Å². The van der Waals surface area contributed by atoms with Crippen LogP contribution in [-0.2, 0) is 4.79 Å². The molecule has 0 bridgehead atoms. The molecule has 1 fully saturated rings. The Morgan fingerprint density at radius 1 is 1.47 bits per heavy atom. The van der Waals surface area contributed by atoms with Gasteiger partial charge in [0.05, 0.1) is 6.10 Å². The molecule has 0 aromatic heterocycles. The van der Waals surface area contributed by atoms with E-state index in [-0.39, 0.29) is 12.1 Å². The standard InChI is InChI=1S/C13H15F2NO3/c14-8-3-4-10(15)9(6-8)12(17)7-16-5-1-2-11(16)13(18)19/h3-4,6,11-12,17H,1-2,5,7H2,(H,18,19). The summed E-state index contributed by atoms with van der Waals surface area (Å²) in [5.41, 5.74) is -0.143. The molecule has 1 aromatic carbocycles. The molecular weight excluding hydrogens is 256 g/mol. The summed E-state index contributed by atoms with van der Waals surface area (Å²) in [6, 6.07) is 2.20. The topological polar surface area (TPSA) is 60.8 Å². The Balaban J connectivity index is 2.10. The lowest BCUT2D eigenvalue weighted by Gasteiger charge is -2.24. The highest BCUT2D eigenvalue weighted by atomic mass is 19.1. The lowest BCUT2D eigenvalue weighted by molar-refractivity contribution is -0.142. The van der Waals surface area contributed by atoms with Gasteiger partial charge in [-0.15, -0.1) is 0 Å². The van der Waals surface area contributed by atoms with Crippen LogP contribution in [0.4, 0.5) is 8.78 Å². The third-order valence-electron chi connectivity index (χ3n) is 3.37. The molecule has 1 aliphatic heterocycles. The molecule has 2 rings (SSSR count). The van der Waals surface area contributed by atoms with Crippen LogP contribution in [0.2, 0.25) is 0 Å². The van der Waals surface area contributed by atoms with Crippen LogP contribution in [0.1, 0.15) is 24.5 Å². The Hall–Kier alpha value is -1.53. The molecule has 0 amide bonds. The van der Waals surface area contributed by atoms with E-state index in [0.29, 0.717) is 13.0 Å². The number of hydrogen-bond acceptors (Lipinski definition) is 3. The Bertz CT molecular complexity index is 481. The molecule has 2 N–H and O–H groups in total. The van der Waals surface area contributed by atoms with E-state index in [1.807, 2.05) is 0 Å². The van der Waals surface area contributed by atoms with Crippen molar-refractivity contribution in [3.63, 3.8) is 0 Å². The van der Waals surface area contributed by atoms with Gasteiger partial charge in [-0.25, -0.2) is 8.78 Å². The molecule has 0 saturated carbocycles. The molecule has 1 aliphatic rings. The summed E-state index contributed by atoms with van der Waals surface area (Å²) in [4.78, 5) is 12.6. The average Bonchev–Trinajstić information content (AvgIpc) is 2.80. The monoisotopic (exact) mass is 271 g/mol. The number of carboxylic acid groups (broad SMARTS) is 1. The Morgan fingerprint density at radius 2 is 2.21 bits per heavy atom. The molecule has 1 aromatic rings. The van der Waals surface area contributed by atoms with E-state index in [2.05, 4.69) is 0 Å². The van der Waals surface area contributed by atoms with Crippen LogP contribution < -0.4 is 0 Å². The fourth-order valence-electron chi connectivity index (χ4n) is 2.41. The maximum absolute atomic E-state index is 13.5. The van der Waals surface area contributed by atoms with Gasteiger partial charge in [-0.05, 0) is 37.6 Å². The first-order valence-corrected chi connectivity index (χ1v) is 6.09. The predicted molar refractivity (Wildman–Crippen MR) is 63.5 cm³/mol. The van der Waals surface area contributed by atoms with Crippen molar-refractivity contribution in [3.05, 3.63) is 35.4 Å². The summed E-state index contributed by atoms with van der Waals surface area (Å²) >= 11 is 0. The quantitative estimate of drug-likeness (QED) is 0.872. The summed E-state index contributed by atoms with van der Waals surface area (Å²) in [7, 11) is 0. The SMILES string of the molecule is O=C(O)C1CCCN1CC(O)c1cc(F)ccc1F. The molecule has 0 aliphatic carbocycles. The van der Waals surface area contributed by atoms with Crippen LogP contribution in [0.15, 0.2) is 18.2 Å². The van der Waals surface area contributed by atoms with Crippen molar-refractivity contribution in [1.82, 2.24) is 4.90 Å². The number of carbonyl (C=O) groups is 1. The number of aliphatic hydroxyl groups excluding tert-OH is 1. The molecule has 1 saturated heterocycles. The van der Waals surface area contributed by atoms with Crippen molar-refractivity contribution < 1.29 is 23.8 Å². The van der Waals surface area contributed by atoms with Crippen LogP contribution >= 0.6 is 0 Å². The van der Waals surface area contributed by atoms with Gasteiger partial charge in [-0.2, -0.15) is 0 Å². The van der Waals surface area contributed by atoms with Crippen molar-refractivity contribution in [3.8, 4) is 0 Å². The van der Waals surface area contributed by atoms with Crippen molar-refractivity contribution in [2.75, 3.05) is 13.1 Å². The first-order valence-electron chi connectivity index (χ1n) is 6.09. The third kappa shape index (κ3) is 3.08. The van der Waals surface area contributed by atoms with Crippen LogP contribution in [0, 0.1) is 11.6 Å². The Kier molecular flexibility index (Phi) is 4.11. The van der Waals surface area contributed by atoms with Crippen molar-refractivity contribution in [2.24, 2.45) is 0 Å². The van der Waals surface area contributed by atoms with Gasteiger partial charge in [0.1, 0.15) is 17.7 Å². The second-order valence-electron chi connectivity index (χ2n) is 4.67. The lowest BCUT2D eigenvalue weighted by atomic mass is 10.1. The van der Waals surface area contributed by atoms with E-state index in [0.717, 1.165) is 24.6 Å². The van der Waals surface area contributed by atoms with Gasteiger partial charge < -0.3 is 10.2 Å². The number of benzene rings is 1. The maximum atomic E-state index is 13.5. The number of rotatable bonds is 4. The normalized spacial score (nSPS) is 21.5. The van der Waals surface area contributed by atoms with Crippen LogP contribution in [0.5, 0.6) is 0 Å². The lowest BCUT2D eigenvalue weighted by Crippen LogP contribution is -2.38. The highest BCUT2D eigenvalue weighted by Gasteiger charge is 2.32. The van der Waals surface area contributed by atoms with Gasteiger partial charge >= 0.3 is 5.97 Å². The van der Waals surface area contributed by atoms with E-state index >= 15 is 0 Å². The minimum Gasteiger partial charge on any atom is -0.480 e. The zero-order chi connectivity index (χ0) is 14.0. The van der Waals surface area contributed by atoms with E-state index in [4.69, 9.17) is 5.11 Å². The first kappa shape index (κ1) is 13.9. The Morgan fingerprint density at radius 3 is 2.89 bits per heavy atom. The second-order valence-corrected chi connectivity index (χ2v) is 4.67. The molecule has 6 heteroatoms. The summed E-state index contributed by atoms with van der Waals surface area (Å²) in [5, 5.41) is 19.0. The molecule has 2 unspecified atom stereocenters. The van der Waals surface area contributed by atoms with E-state index in [1.54, 1.807) is 4.90 Å². The molecule has 2 atom stereocenters. The summed E-state index contributed by atoms with van der Waals surface area (Å²) in [6.45, 7) is 0.516. The van der Waals surface area contributed by atoms with E-state index < -0.39 is 29.7 Å². The summed E-state index contributed by atoms with van der Waals surface area (Å²) < 4.78 is 26.5. The van der Waals surface area contributed by atoms with Crippen molar-refractivity contribution in [1.29, 1.82) is 0 Å². The van der Waals surface area contributed by atoms with Gasteiger partial charge in [0, 0.05) is 12.1 Å². The number of hydrogen-bond donors (Lipinski definition) is 2. The number of halogens is 2. The van der Waals surface area contributed by atoms with Crippen LogP contribution in [-0.4, -0.2) is 40.2 Å². The fraction of sp³-hybridized carbons (Fsp3) is 0.462. The highest BCUT2D eigenvalue weighted by molar-refractivity contribution is 5.73. The van der Waals surface area contributed by atoms with E-state index in [9.17, 15) is 18.7 Å². The number of aliphatic hydroxyl groups is 1. The number of nitrogens with zero attached hydrogens (tertiary/aromatic N) is 1. The highest BCUT2D eigenvalue weighted by Crippen LogP contribution is 2.24. The zero-order valence-corrected chi connectivity index (χ0v) is 10.2. The largest absolute Gasteiger partial charge is 0.480 e. The van der Waals surface area contributed by atoms with Crippen LogP contribution in [0.25, 0.3) is 0 Å². The molecule has 0 spiro atoms. The summed E-state index contributed by atoms with van der Waals surface area (Å²) in [6.07, 6.45) is -0.0149. The number of likely N-dealkylation sites (tertiary alicyclic amines) is 1. The predicted octanol–water partition coefficient (Wildman–Crippen LogP) is 1.55. The molecule has 1 heterocycles.